The second-order valence-corrected chi connectivity index (χ2v) is 8.00. The first-order chi connectivity index (χ1) is 16.4. The summed E-state index contributed by atoms with van der Waals surface area (Å²) in [5.41, 5.74) is 2.54. The van der Waals surface area contributed by atoms with Crippen molar-refractivity contribution in [2.24, 2.45) is 7.05 Å². The zero-order chi connectivity index (χ0) is 25.9. The average Bonchev–Trinajstić information content (AvgIpc) is 2.76. The molecule has 0 unspecified atom stereocenters. The van der Waals surface area contributed by atoms with Crippen molar-refractivity contribution in [3.05, 3.63) is 75.2 Å². The number of halogens is 3. The topological polar surface area (TPSA) is 69.6 Å². The number of pyridine rings is 1. The molecule has 9 heteroatoms. The number of amides is 1. The Balaban J connectivity index is 2.28. The molecule has 1 aromatic heterocycles. The maximum absolute atomic E-state index is 13.2. The van der Waals surface area contributed by atoms with Crippen LogP contribution < -0.4 is 20.3 Å². The Hall–Kier alpha value is -4.19. The van der Waals surface area contributed by atoms with E-state index in [0.717, 1.165) is 27.3 Å². The van der Waals surface area contributed by atoms with Crippen LogP contribution in [0.3, 0.4) is 0 Å². The van der Waals surface area contributed by atoms with Gasteiger partial charge in [0.05, 0.1) is 0 Å². The van der Waals surface area contributed by atoms with Crippen LogP contribution in [0.1, 0.15) is 22.3 Å². The first kappa shape index (κ1) is 25.4. The normalized spacial score (nSPS) is 11.0. The minimum absolute atomic E-state index is 0.0487. The van der Waals surface area contributed by atoms with Crippen molar-refractivity contribution in [1.29, 1.82) is 0 Å². The third-order valence-corrected chi connectivity index (χ3v) is 5.19. The predicted octanol–water partition coefficient (Wildman–Crippen LogP) is 4.92. The molecule has 6 nitrogen and oxygen atoms in total. The first-order valence-electron chi connectivity index (χ1n) is 10.5. The quantitative estimate of drug-likeness (QED) is 0.505. The number of nitrogens with one attached hydrogen (secondary N) is 1. The lowest BCUT2D eigenvalue weighted by molar-refractivity contribution is -0.274. The Morgan fingerprint density at radius 1 is 1.11 bits per heavy atom. The highest BCUT2D eigenvalue weighted by atomic mass is 19.4. The number of carbonyl (C=O) groups is 1. The monoisotopic (exact) mass is 484 g/mol. The first-order valence-corrected chi connectivity index (χ1v) is 10.5. The zero-order valence-corrected chi connectivity index (χ0v) is 19.5. The molecule has 0 fully saturated rings. The van der Waals surface area contributed by atoms with Gasteiger partial charge in [-0.2, -0.15) is 0 Å². The van der Waals surface area contributed by atoms with E-state index in [1.165, 1.54) is 13.2 Å². The molecule has 3 rings (SSSR count). The van der Waals surface area contributed by atoms with Gasteiger partial charge in [0.25, 0.3) is 11.5 Å². The van der Waals surface area contributed by atoms with Crippen molar-refractivity contribution in [1.82, 2.24) is 9.88 Å². The van der Waals surface area contributed by atoms with Gasteiger partial charge in [-0.1, -0.05) is 29.8 Å². The molecular formula is C26H23F3N2O4. The van der Waals surface area contributed by atoms with Gasteiger partial charge in [-0.05, 0) is 49.4 Å². The third-order valence-electron chi connectivity index (χ3n) is 5.19. The molecule has 1 heterocycles. The van der Waals surface area contributed by atoms with Gasteiger partial charge < -0.3 is 19.4 Å². The molecule has 2 aromatic carbocycles. The fourth-order valence-electron chi connectivity index (χ4n) is 3.79. The number of rotatable bonds is 6. The summed E-state index contributed by atoms with van der Waals surface area (Å²) in [5.74, 6) is 1.28. The number of hydrogen-bond acceptors (Lipinski definition) is 4. The molecule has 0 bridgehead atoms. The van der Waals surface area contributed by atoms with E-state index in [0.29, 0.717) is 11.3 Å². The number of nitrogens with zero attached hydrogens (tertiary/aromatic N) is 1. The van der Waals surface area contributed by atoms with Crippen LogP contribution in [0.25, 0.3) is 11.1 Å². The highest BCUT2D eigenvalue weighted by molar-refractivity contribution is 5.93. The number of hydrogen-bond donors (Lipinski definition) is 1. The number of aromatic nitrogens is 1. The maximum Gasteiger partial charge on any atom is 0.573 e. The standard InChI is InChI=1S/C26H23F3N2O4/c1-6-22(32)30-13-18-8-7-9-20(34-25-16(3)10-15(2)11-17(25)4)24(18)19-14-31(5)23(33)12-21(19)35-26(27,28)29/h1,7-12,14H,13H2,2-5H3,(H,30,32). The summed E-state index contributed by atoms with van der Waals surface area (Å²) >= 11 is 0. The molecule has 3 aromatic rings. The summed E-state index contributed by atoms with van der Waals surface area (Å²) in [6.07, 6.45) is 1.31. The molecule has 0 aliphatic rings. The SMILES string of the molecule is C#CC(=O)NCc1cccc(Oc2c(C)cc(C)cc2C)c1-c1cn(C)c(=O)cc1OC(F)(F)F. The Kier molecular flexibility index (Phi) is 7.25. The lowest BCUT2D eigenvalue weighted by atomic mass is 9.98. The smallest absolute Gasteiger partial charge is 0.456 e. The molecule has 35 heavy (non-hydrogen) atoms. The van der Waals surface area contributed by atoms with E-state index in [2.05, 4.69) is 10.1 Å². The van der Waals surface area contributed by atoms with E-state index >= 15 is 0 Å². The highest BCUT2D eigenvalue weighted by Gasteiger charge is 2.33. The van der Waals surface area contributed by atoms with Crippen LogP contribution in [-0.2, 0) is 18.4 Å². The number of carbonyl (C=O) groups excluding carboxylic acids is 1. The minimum Gasteiger partial charge on any atom is -0.456 e. The van der Waals surface area contributed by atoms with Crippen molar-refractivity contribution < 1.29 is 27.4 Å². The van der Waals surface area contributed by atoms with E-state index in [1.54, 1.807) is 18.2 Å². The van der Waals surface area contributed by atoms with Crippen LogP contribution in [0.15, 0.2) is 47.4 Å². The Labute approximate surface area is 200 Å². The molecule has 0 radical (unpaired) electrons. The van der Waals surface area contributed by atoms with E-state index in [4.69, 9.17) is 11.2 Å². The zero-order valence-electron chi connectivity index (χ0n) is 19.5. The van der Waals surface area contributed by atoms with Crippen molar-refractivity contribution in [3.8, 4) is 40.7 Å². The van der Waals surface area contributed by atoms with Gasteiger partial charge in [-0.15, -0.1) is 19.6 Å². The van der Waals surface area contributed by atoms with Crippen LogP contribution in [0.4, 0.5) is 13.2 Å². The second kappa shape index (κ2) is 9.97. The number of alkyl halides is 3. The van der Waals surface area contributed by atoms with Crippen LogP contribution in [0, 0.1) is 33.1 Å². The van der Waals surface area contributed by atoms with Crippen molar-refractivity contribution in [3.63, 3.8) is 0 Å². The van der Waals surface area contributed by atoms with Gasteiger partial charge in [0.1, 0.15) is 17.2 Å². The van der Waals surface area contributed by atoms with Gasteiger partial charge in [0.2, 0.25) is 0 Å². The highest BCUT2D eigenvalue weighted by Crippen LogP contribution is 2.42. The molecule has 0 saturated heterocycles. The fourth-order valence-corrected chi connectivity index (χ4v) is 3.79. The average molecular weight is 484 g/mol. The summed E-state index contributed by atoms with van der Waals surface area (Å²) in [6, 6.07) is 9.43. The molecular weight excluding hydrogens is 461 g/mol. The summed E-state index contributed by atoms with van der Waals surface area (Å²) in [5, 5.41) is 2.51. The maximum atomic E-state index is 13.2. The van der Waals surface area contributed by atoms with E-state index in [1.807, 2.05) is 38.8 Å². The van der Waals surface area contributed by atoms with Crippen molar-refractivity contribution in [2.75, 3.05) is 0 Å². The van der Waals surface area contributed by atoms with Gasteiger partial charge >= 0.3 is 6.36 Å². The minimum atomic E-state index is -5.04. The largest absolute Gasteiger partial charge is 0.573 e. The van der Waals surface area contributed by atoms with E-state index in [9.17, 15) is 22.8 Å². The van der Waals surface area contributed by atoms with Gasteiger partial charge in [-0.25, -0.2) is 0 Å². The number of terminal acetylenes is 1. The number of benzene rings is 2. The fraction of sp³-hybridized carbons (Fsp3) is 0.231. The second-order valence-electron chi connectivity index (χ2n) is 8.00. The van der Waals surface area contributed by atoms with E-state index < -0.39 is 23.6 Å². The van der Waals surface area contributed by atoms with Gasteiger partial charge in [0.15, 0.2) is 0 Å². The molecule has 1 amide bonds. The van der Waals surface area contributed by atoms with Gasteiger partial charge in [-0.3, -0.25) is 9.59 Å². The van der Waals surface area contributed by atoms with Crippen LogP contribution >= 0.6 is 0 Å². The Bertz CT molecular complexity index is 1360. The van der Waals surface area contributed by atoms with Crippen LogP contribution in [-0.4, -0.2) is 16.8 Å². The molecule has 0 aliphatic carbocycles. The van der Waals surface area contributed by atoms with Crippen LogP contribution in [0.5, 0.6) is 17.2 Å². The predicted molar refractivity (Wildman–Crippen MR) is 125 cm³/mol. The molecule has 0 spiro atoms. The molecule has 0 saturated carbocycles. The third kappa shape index (κ3) is 6.03. The number of ether oxygens (including phenoxy) is 2. The molecule has 0 aliphatic heterocycles. The number of aryl methyl sites for hydroxylation is 4. The van der Waals surface area contributed by atoms with Crippen molar-refractivity contribution >= 4 is 5.91 Å². The summed E-state index contributed by atoms with van der Waals surface area (Å²) < 4.78 is 51.2. The molecule has 0 atom stereocenters. The Morgan fingerprint density at radius 2 is 1.77 bits per heavy atom. The van der Waals surface area contributed by atoms with E-state index in [-0.39, 0.29) is 23.4 Å². The lowest BCUT2D eigenvalue weighted by Gasteiger charge is -2.21. The van der Waals surface area contributed by atoms with Crippen LogP contribution in [0.2, 0.25) is 0 Å². The van der Waals surface area contributed by atoms with Crippen molar-refractivity contribution in [2.45, 2.75) is 33.7 Å². The Morgan fingerprint density at radius 3 is 2.37 bits per heavy atom. The van der Waals surface area contributed by atoms with Gasteiger partial charge in [0, 0.05) is 37.0 Å². The molecule has 1 N–H and O–H groups in total. The summed E-state index contributed by atoms with van der Waals surface area (Å²) in [4.78, 5) is 23.8. The molecule has 182 valence electrons. The summed E-state index contributed by atoms with van der Waals surface area (Å²) in [6.45, 7) is 5.55. The summed E-state index contributed by atoms with van der Waals surface area (Å²) in [7, 11) is 1.40. The lowest BCUT2D eigenvalue weighted by Crippen LogP contribution is -2.23.